The van der Waals surface area contributed by atoms with E-state index >= 15 is 0 Å². The van der Waals surface area contributed by atoms with Crippen molar-refractivity contribution in [1.82, 2.24) is 14.6 Å². The van der Waals surface area contributed by atoms with E-state index < -0.39 is 10.0 Å². The first-order valence-electron chi connectivity index (χ1n) is 7.11. The highest BCUT2D eigenvalue weighted by Crippen LogP contribution is 2.15. The fourth-order valence-electron chi connectivity index (χ4n) is 1.99. The molecule has 2 aromatic heterocycles. The minimum Gasteiger partial charge on any atom is -0.335 e. The van der Waals surface area contributed by atoms with Crippen LogP contribution in [0.25, 0.3) is 0 Å². The highest BCUT2D eigenvalue weighted by Gasteiger charge is 2.21. The van der Waals surface area contributed by atoms with Gasteiger partial charge in [-0.2, -0.15) is 0 Å². The van der Waals surface area contributed by atoms with E-state index in [1.165, 1.54) is 6.07 Å². The third-order valence-corrected chi connectivity index (χ3v) is 5.99. The van der Waals surface area contributed by atoms with Crippen molar-refractivity contribution in [3.63, 3.8) is 0 Å². The summed E-state index contributed by atoms with van der Waals surface area (Å²) in [4.78, 5) is 18.0. The van der Waals surface area contributed by atoms with Crippen LogP contribution < -0.4 is 4.72 Å². The Balaban J connectivity index is 2.02. The van der Waals surface area contributed by atoms with Gasteiger partial charge in [0.15, 0.2) is 0 Å². The molecule has 0 aliphatic carbocycles. The fraction of sp³-hybridized carbons (Fsp3) is 0.333. The number of pyridine rings is 1. The Labute approximate surface area is 140 Å². The standard InChI is InChI=1S/C15H19N3O3S2/c1-12(2)18(11-13-5-3-7-16-9-13)14(19)10-17-23(20,21)15-6-4-8-22-15/h3-9,12,17H,10-11H2,1-2H3. The largest absolute Gasteiger partial charge is 0.335 e. The number of hydrogen-bond acceptors (Lipinski definition) is 5. The number of sulfonamides is 1. The van der Waals surface area contributed by atoms with Crippen LogP contribution in [-0.4, -0.2) is 36.8 Å². The summed E-state index contributed by atoms with van der Waals surface area (Å²) in [5.41, 5.74) is 0.899. The number of aromatic nitrogens is 1. The molecule has 0 saturated heterocycles. The van der Waals surface area contributed by atoms with Gasteiger partial charge >= 0.3 is 0 Å². The smallest absolute Gasteiger partial charge is 0.250 e. The Morgan fingerprint density at radius 2 is 2.13 bits per heavy atom. The highest BCUT2D eigenvalue weighted by molar-refractivity contribution is 7.91. The molecule has 1 N–H and O–H groups in total. The van der Waals surface area contributed by atoms with E-state index in [1.54, 1.807) is 34.8 Å². The Bertz CT molecular complexity index is 729. The van der Waals surface area contributed by atoms with Gasteiger partial charge in [-0.1, -0.05) is 12.1 Å². The molecule has 1 amide bonds. The normalized spacial score (nSPS) is 11.6. The summed E-state index contributed by atoms with van der Waals surface area (Å²) < 4.78 is 26.7. The monoisotopic (exact) mass is 353 g/mol. The highest BCUT2D eigenvalue weighted by atomic mass is 32.2. The van der Waals surface area contributed by atoms with Crippen molar-refractivity contribution in [3.8, 4) is 0 Å². The summed E-state index contributed by atoms with van der Waals surface area (Å²) in [7, 11) is -3.64. The van der Waals surface area contributed by atoms with Gasteiger partial charge in [0.05, 0.1) is 6.54 Å². The van der Waals surface area contributed by atoms with Gasteiger partial charge in [-0.25, -0.2) is 13.1 Å². The van der Waals surface area contributed by atoms with Crippen LogP contribution in [0.5, 0.6) is 0 Å². The molecule has 2 aromatic rings. The number of thiophene rings is 1. The number of hydrogen-bond donors (Lipinski definition) is 1. The number of carbonyl (C=O) groups is 1. The molecule has 0 saturated carbocycles. The van der Waals surface area contributed by atoms with Gasteiger partial charge in [-0.15, -0.1) is 11.3 Å². The average Bonchev–Trinajstić information content (AvgIpc) is 3.06. The zero-order valence-electron chi connectivity index (χ0n) is 13.0. The Kier molecular flexibility index (Phi) is 5.86. The molecule has 124 valence electrons. The lowest BCUT2D eigenvalue weighted by Gasteiger charge is -2.27. The van der Waals surface area contributed by atoms with Gasteiger partial charge in [0, 0.05) is 25.0 Å². The number of nitrogens with zero attached hydrogens (tertiary/aromatic N) is 2. The summed E-state index contributed by atoms with van der Waals surface area (Å²) >= 11 is 1.12. The maximum absolute atomic E-state index is 12.4. The molecule has 0 bridgehead atoms. The second kappa shape index (κ2) is 7.67. The summed E-state index contributed by atoms with van der Waals surface area (Å²) in [5, 5.41) is 1.68. The molecule has 8 heteroatoms. The number of nitrogens with one attached hydrogen (secondary N) is 1. The van der Waals surface area contributed by atoms with Crippen molar-refractivity contribution >= 4 is 27.3 Å². The molecule has 6 nitrogen and oxygen atoms in total. The molecule has 0 radical (unpaired) electrons. The minimum absolute atomic E-state index is 0.0473. The van der Waals surface area contributed by atoms with Crippen molar-refractivity contribution in [2.24, 2.45) is 0 Å². The van der Waals surface area contributed by atoms with Crippen molar-refractivity contribution in [1.29, 1.82) is 0 Å². The zero-order chi connectivity index (χ0) is 16.9. The molecule has 0 fully saturated rings. The number of carbonyl (C=O) groups excluding carboxylic acids is 1. The van der Waals surface area contributed by atoms with Crippen molar-refractivity contribution in [3.05, 3.63) is 47.6 Å². The summed E-state index contributed by atoms with van der Waals surface area (Å²) in [6, 6.07) is 6.80. The zero-order valence-corrected chi connectivity index (χ0v) is 14.6. The fourth-order valence-corrected chi connectivity index (χ4v) is 4.00. The first-order valence-corrected chi connectivity index (χ1v) is 9.48. The maximum Gasteiger partial charge on any atom is 0.250 e. The minimum atomic E-state index is -3.64. The van der Waals surface area contributed by atoms with Crippen LogP contribution >= 0.6 is 11.3 Å². The van der Waals surface area contributed by atoms with Crippen LogP contribution in [0.2, 0.25) is 0 Å². The lowest BCUT2D eigenvalue weighted by Crippen LogP contribution is -2.43. The molecule has 0 aliphatic rings. The predicted molar refractivity (Wildman–Crippen MR) is 89.4 cm³/mol. The summed E-state index contributed by atoms with van der Waals surface area (Å²) in [6.45, 7) is 3.91. The van der Waals surface area contributed by atoms with Gasteiger partial charge in [0.2, 0.25) is 5.91 Å². The van der Waals surface area contributed by atoms with E-state index in [1.807, 2.05) is 19.9 Å². The van der Waals surface area contributed by atoms with E-state index in [0.29, 0.717) is 6.54 Å². The van der Waals surface area contributed by atoms with Crippen LogP contribution in [0.4, 0.5) is 0 Å². The van der Waals surface area contributed by atoms with Gasteiger partial charge in [-0.05, 0) is 36.9 Å². The van der Waals surface area contributed by atoms with E-state index in [9.17, 15) is 13.2 Å². The van der Waals surface area contributed by atoms with Gasteiger partial charge in [0.1, 0.15) is 4.21 Å². The van der Waals surface area contributed by atoms with Crippen molar-refractivity contribution in [2.75, 3.05) is 6.54 Å². The molecular weight excluding hydrogens is 334 g/mol. The van der Waals surface area contributed by atoms with Crippen molar-refractivity contribution < 1.29 is 13.2 Å². The van der Waals surface area contributed by atoms with Gasteiger partial charge in [0.25, 0.3) is 10.0 Å². The lowest BCUT2D eigenvalue weighted by molar-refractivity contribution is -0.132. The second-order valence-electron chi connectivity index (χ2n) is 5.23. The SMILES string of the molecule is CC(C)N(Cc1cccnc1)C(=O)CNS(=O)(=O)c1cccs1. The van der Waals surface area contributed by atoms with Crippen molar-refractivity contribution in [2.45, 2.75) is 30.6 Å². The molecule has 0 aliphatic heterocycles. The van der Waals surface area contributed by atoms with E-state index in [4.69, 9.17) is 0 Å². The second-order valence-corrected chi connectivity index (χ2v) is 8.17. The molecule has 0 unspecified atom stereocenters. The van der Waals surface area contributed by atoms with Crippen LogP contribution in [0, 0.1) is 0 Å². The van der Waals surface area contributed by atoms with E-state index in [-0.39, 0.29) is 22.7 Å². The predicted octanol–water partition coefficient (Wildman–Crippen LogP) is 1.86. The van der Waals surface area contributed by atoms with Gasteiger partial charge in [-0.3, -0.25) is 9.78 Å². The quantitative estimate of drug-likeness (QED) is 0.824. The average molecular weight is 353 g/mol. The molecular formula is C15H19N3O3S2. The van der Waals surface area contributed by atoms with E-state index in [2.05, 4.69) is 9.71 Å². The Hall–Kier alpha value is -1.77. The van der Waals surface area contributed by atoms with Crippen LogP contribution in [0.15, 0.2) is 46.2 Å². The number of rotatable bonds is 7. The third-order valence-electron chi connectivity index (χ3n) is 3.19. The molecule has 23 heavy (non-hydrogen) atoms. The molecule has 0 atom stereocenters. The maximum atomic E-state index is 12.4. The molecule has 2 heterocycles. The van der Waals surface area contributed by atoms with E-state index in [0.717, 1.165) is 16.9 Å². The first-order chi connectivity index (χ1) is 10.9. The van der Waals surface area contributed by atoms with Crippen LogP contribution in [-0.2, 0) is 21.4 Å². The van der Waals surface area contributed by atoms with Crippen LogP contribution in [0.1, 0.15) is 19.4 Å². The summed E-state index contributed by atoms with van der Waals surface area (Å²) in [6.07, 6.45) is 3.36. The van der Waals surface area contributed by atoms with Crippen LogP contribution in [0.3, 0.4) is 0 Å². The summed E-state index contributed by atoms with van der Waals surface area (Å²) in [5.74, 6) is -0.274. The van der Waals surface area contributed by atoms with Gasteiger partial charge < -0.3 is 4.90 Å². The number of amides is 1. The molecule has 2 rings (SSSR count). The first kappa shape index (κ1) is 17.6. The Morgan fingerprint density at radius 3 is 2.70 bits per heavy atom. The molecule has 0 spiro atoms. The lowest BCUT2D eigenvalue weighted by atomic mass is 10.2. The topological polar surface area (TPSA) is 79.4 Å². The third kappa shape index (κ3) is 4.85. The molecule has 0 aromatic carbocycles. The Morgan fingerprint density at radius 1 is 1.35 bits per heavy atom.